The maximum atomic E-state index is 11.2. The number of hydrogen-bond acceptors (Lipinski definition) is 7. The monoisotopic (exact) mass is 351 g/mol. The van der Waals surface area contributed by atoms with E-state index in [0.717, 1.165) is 11.3 Å². The molecule has 2 aliphatic heterocycles. The lowest BCUT2D eigenvalue weighted by molar-refractivity contribution is -0.118. The van der Waals surface area contributed by atoms with Gasteiger partial charge in [-0.25, -0.2) is 4.99 Å². The van der Waals surface area contributed by atoms with Crippen LogP contribution in [0.2, 0.25) is 10.0 Å². The number of rotatable bonds is 0. The van der Waals surface area contributed by atoms with E-state index in [2.05, 4.69) is 10.3 Å². The predicted molar refractivity (Wildman–Crippen MR) is 72.6 cm³/mol. The van der Waals surface area contributed by atoms with Crippen molar-refractivity contribution >= 4 is 51.2 Å². The zero-order valence-electron chi connectivity index (χ0n) is 10.2. The van der Waals surface area contributed by atoms with Crippen LogP contribution in [0.5, 0.6) is 0 Å². The molecule has 2 aliphatic rings. The minimum atomic E-state index is -5.17. The molecule has 1 aromatic rings. The van der Waals surface area contributed by atoms with Gasteiger partial charge in [0.05, 0.1) is 22.3 Å². The number of halogens is 2. The highest BCUT2D eigenvalue weighted by atomic mass is 35.5. The van der Waals surface area contributed by atoms with Crippen LogP contribution in [-0.2, 0) is 21.7 Å². The first-order chi connectivity index (χ1) is 9.65. The van der Waals surface area contributed by atoms with E-state index in [0.29, 0.717) is 29.1 Å². The standard InChI is InChI=1S/C10H7Cl2N3O.H2O4S/c11-6-1-2-7-5(9(6)12)3-15-4-8(16)14-10(15)13-7;1-5(2,3)4/h1-2H,3-4H2,(H,13,14,16);(H2,1,2,3,4)/p-2. The van der Waals surface area contributed by atoms with Gasteiger partial charge in [0.1, 0.15) is 6.54 Å². The molecule has 1 aromatic carbocycles. The number of nitrogens with one attached hydrogen (secondary N) is 1. The lowest BCUT2D eigenvalue weighted by Gasteiger charge is -2.23. The van der Waals surface area contributed by atoms with E-state index in [9.17, 15) is 4.79 Å². The van der Waals surface area contributed by atoms with Crippen molar-refractivity contribution in [1.29, 1.82) is 0 Å². The number of nitrogens with zero attached hydrogens (tertiary/aromatic N) is 2. The molecule has 0 aromatic heterocycles. The number of hydrogen-bond donors (Lipinski definition) is 1. The summed E-state index contributed by atoms with van der Waals surface area (Å²) in [4.78, 5) is 17.4. The maximum Gasteiger partial charge on any atom is 0.246 e. The SMILES string of the molecule is O=C1CN2Cc3c(ccc(Cl)c3Cl)N=C2N1.O=S(=O)([O-])[O-]. The first kappa shape index (κ1) is 16.0. The molecule has 1 fully saturated rings. The minimum absolute atomic E-state index is 0.0474. The first-order valence-electron chi connectivity index (χ1n) is 5.42. The summed E-state index contributed by atoms with van der Waals surface area (Å²) in [5.74, 6) is 0.546. The van der Waals surface area contributed by atoms with Crippen molar-refractivity contribution in [3.8, 4) is 0 Å². The summed E-state index contributed by atoms with van der Waals surface area (Å²) in [5, 5.41) is 3.72. The fourth-order valence-corrected chi connectivity index (χ4v) is 2.26. The average Bonchev–Trinajstić information content (AvgIpc) is 2.69. The Labute approximate surface area is 129 Å². The second-order valence-corrected chi connectivity index (χ2v) is 5.71. The zero-order valence-corrected chi connectivity index (χ0v) is 12.5. The number of carbonyl (C=O) groups is 1. The third kappa shape index (κ3) is 4.05. The topological polar surface area (TPSA) is 125 Å². The van der Waals surface area contributed by atoms with Gasteiger partial charge in [-0.05, 0) is 12.1 Å². The molecule has 114 valence electrons. The van der Waals surface area contributed by atoms with Crippen LogP contribution in [0.1, 0.15) is 5.56 Å². The first-order valence-corrected chi connectivity index (χ1v) is 7.51. The minimum Gasteiger partial charge on any atom is -0.759 e. The van der Waals surface area contributed by atoms with E-state index in [1.807, 2.05) is 4.90 Å². The fraction of sp³-hybridized carbons (Fsp3) is 0.200. The molecule has 0 spiro atoms. The molecule has 0 unspecified atom stereocenters. The van der Waals surface area contributed by atoms with Crippen molar-refractivity contribution in [1.82, 2.24) is 10.2 Å². The van der Waals surface area contributed by atoms with Crippen molar-refractivity contribution in [3.63, 3.8) is 0 Å². The molecular weight excluding hydrogens is 345 g/mol. The van der Waals surface area contributed by atoms with Crippen LogP contribution in [0.4, 0.5) is 5.69 Å². The molecular formula is C10H7Cl2N3O5S-2. The molecule has 0 radical (unpaired) electrons. The molecule has 0 atom stereocenters. The van der Waals surface area contributed by atoms with Crippen molar-refractivity contribution in [3.05, 3.63) is 27.7 Å². The van der Waals surface area contributed by atoms with Crippen LogP contribution in [0.15, 0.2) is 17.1 Å². The summed E-state index contributed by atoms with van der Waals surface area (Å²) in [6.45, 7) is 0.882. The Hall–Kier alpha value is -1.39. The molecule has 2 heterocycles. The van der Waals surface area contributed by atoms with Gasteiger partial charge in [0.25, 0.3) is 0 Å². The van der Waals surface area contributed by atoms with Crippen LogP contribution < -0.4 is 5.32 Å². The van der Waals surface area contributed by atoms with E-state index in [1.165, 1.54) is 0 Å². The van der Waals surface area contributed by atoms with Gasteiger partial charge in [-0.3, -0.25) is 18.5 Å². The maximum absolute atomic E-state index is 11.2. The van der Waals surface area contributed by atoms with E-state index >= 15 is 0 Å². The van der Waals surface area contributed by atoms with E-state index < -0.39 is 10.4 Å². The molecule has 21 heavy (non-hydrogen) atoms. The van der Waals surface area contributed by atoms with E-state index in [4.69, 9.17) is 40.7 Å². The molecule has 0 bridgehead atoms. The number of benzene rings is 1. The highest BCUT2D eigenvalue weighted by molar-refractivity contribution is 7.79. The molecule has 0 saturated carbocycles. The van der Waals surface area contributed by atoms with E-state index in [-0.39, 0.29) is 5.91 Å². The van der Waals surface area contributed by atoms with Gasteiger partial charge >= 0.3 is 0 Å². The number of amides is 1. The van der Waals surface area contributed by atoms with Crippen LogP contribution >= 0.6 is 23.2 Å². The second-order valence-electron chi connectivity index (χ2n) is 4.11. The summed E-state index contributed by atoms with van der Waals surface area (Å²) >= 11 is 12.0. The summed E-state index contributed by atoms with van der Waals surface area (Å²) in [6.07, 6.45) is 0. The van der Waals surface area contributed by atoms with E-state index in [1.54, 1.807) is 12.1 Å². The summed E-state index contributed by atoms with van der Waals surface area (Å²) < 4.78 is 34.1. The molecule has 11 heteroatoms. The molecule has 1 amide bonds. The van der Waals surface area contributed by atoms with Gasteiger partial charge in [-0.2, -0.15) is 0 Å². The second kappa shape index (κ2) is 5.78. The van der Waals surface area contributed by atoms with Gasteiger partial charge < -0.3 is 14.0 Å². The Morgan fingerprint density at radius 3 is 2.48 bits per heavy atom. The normalized spacial score (nSPS) is 16.3. The lowest BCUT2D eigenvalue weighted by atomic mass is 10.1. The highest BCUT2D eigenvalue weighted by Gasteiger charge is 2.30. The summed E-state index contributed by atoms with van der Waals surface area (Å²) in [7, 11) is -5.17. The van der Waals surface area contributed by atoms with Crippen molar-refractivity contribution in [2.75, 3.05) is 6.54 Å². The summed E-state index contributed by atoms with van der Waals surface area (Å²) in [5.41, 5.74) is 1.64. The fourth-order valence-electron chi connectivity index (χ4n) is 1.86. The molecule has 8 nitrogen and oxygen atoms in total. The highest BCUT2D eigenvalue weighted by Crippen LogP contribution is 2.36. The number of carbonyl (C=O) groups excluding carboxylic acids is 1. The number of aliphatic imine (C=N–C) groups is 1. The molecule has 1 saturated heterocycles. The number of guanidine groups is 1. The predicted octanol–water partition coefficient (Wildman–Crippen LogP) is 0.588. The Morgan fingerprint density at radius 2 is 1.86 bits per heavy atom. The molecule has 0 aliphatic carbocycles. The van der Waals surface area contributed by atoms with Gasteiger partial charge in [-0.15, -0.1) is 0 Å². The van der Waals surface area contributed by atoms with Gasteiger partial charge in [0, 0.05) is 16.0 Å². The Bertz CT molecular complexity index is 726. The van der Waals surface area contributed by atoms with Gasteiger partial charge in [0.2, 0.25) is 11.9 Å². The third-order valence-corrected chi connectivity index (χ3v) is 3.48. The largest absolute Gasteiger partial charge is 0.759 e. The average molecular weight is 352 g/mol. The Kier molecular flexibility index (Phi) is 4.40. The van der Waals surface area contributed by atoms with Crippen LogP contribution in [0, 0.1) is 0 Å². The van der Waals surface area contributed by atoms with Crippen molar-refractivity contribution < 1.29 is 22.3 Å². The van der Waals surface area contributed by atoms with Crippen LogP contribution in [0.25, 0.3) is 0 Å². The Balaban J connectivity index is 0.000000282. The third-order valence-electron chi connectivity index (χ3n) is 2.63. The van der Waals surface area contributed by atoms with Crippen LogP contribution in [0.3, 0.4) is 0 Å². The summed E-state index contributed by atoms with van der Waals surface area (Å²) in [6, 6.07) is 3.51. The van der Waals surface area contributed by atoms with Crippen molar-refractivity contribution in [2.24, 2.45) is 4.99 Å². The van der Waals surface area contributed by atoms with Gasteiger partial charge in [0.15, 0.2) is 0 Å². The van der Waals surface area contributed by atoms with Crippen molar-refractivity contribution in [2.45, 2.75) is 6.54 Å². The smallest absolute Gasteiger partial charge is 0.246 e. The zero-order chi connectivity index (χ0) is 15.8. The quantitative estimate of drug-likeness (QED) is 0.538. The molecule has 1 N–H and O–H groups in total. The Morgan fingerprint density at radius 1 is 1.24 bits per heavy atom. The van der Waals surface area contributed by atoms with Crippen LogP contribution in [-0.4, -0.2) is 40.8 Å². The number of fused-ring (bicyclic) bond motifs is 2. The van der Waals surface area contributed by atoms with Gasteiger partial charge in [-0.1, -0.05) is 23.2 Å². The lowest BCUT2D eigenvalue weighted by Crippen LogP contribution is -2.32. The molecule has 3 rings (SSSR count).